The Labute approximate surface area is 161 Å². The van der Waals surface area contributed by atoms with Gasteiger partial charge in [0.2, 0.25) is 5.91 Å². The molecule has 3 heterocycles. The van der Waals surface area contributed by atoms with Crippen molar-refractivity contribution in [2.45, 2.75) is 32.6 Å². The molecule has 2 saturated heterocycles. The van der Waals surface area contributed by atoms with Crippen LogP contribution in [-0.2, 0) is 9.53 Å². The second kappa shape index (κ2) is 8.69. The predicted octanol–water partition coefficient (Wildman–Crippen LogP) is 1.69. The van der Waals surface area contributed by atoms with Gasteiger partial charge in [-0.05, 0) is 43.7 Å². The summed E-state index contributed by atoms with van der Waals surface area (Å²) in [7, 11) is 1.67. The van der Waals surface area contributed by atoms with E-state index in [1.807, 2.05) is 24.0 Å². The molecule has 1 spiro atoms. The summed E-state index contributed by atoms with van der Waals surface area (Å²) < 4.78 is 5.15. The average Bonchev–Trinajstić information content (AvgIpc) is 2.70. The number of nitrogens with one attached hydrogen (secondary N) is 1. The molecule has 7 nitrogen and oxygen atoms in total. The van der Waals surface area contributed by atoms with Gasteiger partial charge in [0.25, 0.3) is 5.91 Å². The van der Waals surface area contributed by atoms with Crippen LogP contribution in [0.1, 0.15) is 43.0 Å². The fraction of sp³-hybridized carbons (Fsp3) is 0.650. The van der Waals surface area contributed by atoms with E-state index in [0.717, 1.165) is 44.7 Å². The first kappa shape index (κ1) is 19.6. The topological polar surface area (TPSA) is 74.8 Å². The van der Waals surface area contributed by atoms with E-state index in [1.165, 1.54) is 0 Å². The second-order valence-electron chi connectivity index (χ2n) is 7.56. The molecule has 2 aliphatic heterocycles. The van der Waals surface area contributed by atoms with Gasteiger partial charge in [0.1, 0.15) is 5.82 Å². The van der Waals surface area contributed by atoms with Crippen LogP contribution in [-0.4, -0.2) is 68.1 Å². The Morgan fingerprint density at radius 1 is 1.30 bits per heavy atom. The lowest BCUT2D eigenvalue weighted by Crippen LogP contribution is -2.52. The summed E-state index contributed by atoms with van der Waals surface area (Å²) >= 11 is 0. The maximum atomic E-state index is 12.2. The lowest BCUT2D eigenvalue weighted by Gasteiger charge is -2.47. The molecule has 0 aromatic carbocycles. The van der Waals surface area contributed by atoms with Gasteiger partial charge >= 0.3 is 0 Å². The van der Waals surface area contributed by atoms with Crippen molar-refractivity contribution in [3.8, 4) is 0 Å². The third-order valence-corrected chi connectivity index (χ3v) is 5.81. The van der Waals surface area contributed by atoms with Gasteiger partial charge in [-0.25, -0.2) is 4.98 Å². The molecule has 27 heavy (non-hydrogen) atoms. The molecule has 3 rings (SSSR count). The minimum Gasteiger partial charge on any atom is -0.383 e. The van der Waals surface area contributed by atoms with Crippen LogP contribution in [0.3, 0.4) is 0 Å². The van der Waals surface area contributed by atoms with Crippen molar-refractivity contribution in [3.63, 3.8) is 0 Å². The van der Waals surface area contributed by atoms with Crippen molar-refractivity contribution in [2.75, 3.05) is 51.3 Å². The number of piperidine rings is 2. The maximum absolute atomic E-state index is 12.2. The van der Waals surface area contributed by atoms with Crippen molar-refractivity contribution < 1.29 is 14.3 Å². The number of methoxy groups -OCH3 is 1. The van der Waals surface area contributed by atoms with E-state index in [4.69, 9.17) is 4.74 Å². The number of ether oxygens (including phenoxy) is 1. The Kier molecular flexibility index (Phi) is 6.31. The number of rotatable bonds is 6. The number of amides is 2. The van der Waals surface area contributed by atoms with Gasteiger partial charge in [-0.1, -0.05) is 0 Å². The number of anilines is 1. The summed E-state index contributed by atoms with van der Waals surface area (Å²) in [5, 5.41) is 2.79. The Hall–Kier alpha value is -2.15. The highest BCUT2D eigenvalue weighted by molar-refractivity contribution is 5.94. The molecule has 2 fully saturated rings. The largest absolute Gasteiger partial charge is 0.383 e. The summed E-state index contributed by atoms with van der Waals surface area (Å²) in [6.07, 6.45) is 5.39. The summed E-state index contributed by atoms with van der Waals surface area (Å²) in [6, 6.07) is 3.77. The lowest BCUT2D eigenvalue weighted by molar-refractivity contribution is -0.139. The number of pyridine rings is 1. The van der Waals surface area contributed by atoms with Gasteiger partial charge in [0, 0.05) is 52.5 Å². The van der Waals surface area contributed by atoms with Gasteiger partial charge in [-0.2, -0.15) is 0 Å². The Morgan fingerprint density at radius 3 is 2.70 bits per heavy atom. The fourth-order valence-corrected chi connectivity index (χ4v) is 4.10. The van der Waals surface area contributed by atoms with Crippen LogP contribution >= 0.6 is 0 Å². The third-order valence-electron chi connectivity index (χ3n) is 5.81. The van der Waals surface area contributed by atoms with Crippen LogP contribution in [0.4, 0.5) is 5.82 Å². The van der Waals surface area contributed by atoms with E-state index in [-0.39, 0.29) is 17.2 Å². The van der Waals surface area contributed by atoms with Gasteiger partial charge in [-0.3, -0.25) is 9.59 Å². The van der Waals surface area contributed by atoms with E-state index >= 15 is 0 Å². The number of likely N-dealkylation sites (tertiary alicyclic amines) is 1. The Morgan fingerprint density at radius 2 is 2.07 bits per heavy atom. The normalized spacial score (nSPS) is 19.4. The number of aromatic nitrogens is 1. The van der Waals surface area contributed by atoms with Crippen molar-refractivity contribution in [2.24, 2.45) is 5.41 Å². The molecule has 2 amide bonds. The van der Waals surface area contributed by atoms with Crippen molar-refractivity contribution in [3.05, 3.63) is 23.9 Å². The first-order valence-corrected chi connectivity index (χ1v) is 9.83. The maximum Gasteiger partial charge on any atom is 0.252 e. The molecule has 1 aromatic rings. The summed E-state index contributed by atoms with van der Waals surface area (Å²) in [6.45, 7) is 6.49. The molecule has 0 bridgehead atoms. The summed E-state index contributed by atoms with van der Waals surface area (Å²) in [5.74, 6) is 1.08. The molecule has 0 saturated carbocycles. The molecule has 0 atom stereocenters. The van der Waals surface area contributed by atoms with Gasteiger partial charge in [0.05, 0.1) is 12.2 Å². The van der Waals surface area contributed by atoms with E-state index in [2.05, 4.69) is 15.2 Å². The molecule has 148 valence electrons. The lowest BCUT2D eigenvalue weighted by atomic mass is 9.72. The molecule has 7 heteroatoms. The highest BCUT2D eigenvalue weighted by atomic mass is 16.5. The number of carbonyl (C=O) groups excluding carboxylic acids is 2. The van der Waals surface area contributed by atoms with Crippen LogP contribution in [0, 0.1) is 5.41 Å². The zero-order valence-electron chi connectivity index (χ0n) is 16.4. The van der Waals surface area contributed by atoms with E-state index in [1.54, 1.807) is 13.3 Å². The average molecular weight is 374 g/mol. The Balaban J connectivity index is 1.58. The number of hydrogen-bond acceptors (Lipinski definition) is 5. The summed E-state index contributed by atoms with van der Waals surface area (Å²) in [5.41, 5.74) is 0.813. The number of hydrogen-bond donors (Lipinski definition) is 1. The van der Waals surface area contributed by atoms with Crippen LogP contribution < -0.4 is 10.2 Å². The molecular weight excluding hydrogens is 344 g/mol. The van der Waals surface area contributed by atoms with Crippen molar-refractivity contribution in [1.82, 2.24) is 15.2 Å². The molecule has 2 aliphatic rings. The van der Waals surface area contributed by atoms with Crippen LogP contribution in [0.2, 0.25) is 0 Å². The third kappa shape index (κ3) is 4.58. The first-order valence-electron chi connectivity index (χ1n) is 9.83. The van der Waals surface area contributed by atoms with Crippen LogP contribution in [0.25, 0.3) is 0 Å². The van der Waals surface area contributed by atoms with Crippen molar-refractivity contribution in [1.29, 1.82) is 0 Å². The predicted molar refractivity (Wildman–Crippen MR) is 104 cm³/mol. The standard InChI is InChI=1S/C20H30N4O3/c1-3-21-19(26)16-4-5-17(22-14-16)23-10-8-20(9-11-23)7-6-18(25)24(15-20)12-13-27-2/h4-5,14H,3,6-13,15H2,1-2H3,(H,21,26). The van der Waals surface area contributed by atoms with E-state index in [0.29, 0.717) is 31.7 Å². The summed E-state index contributed by atoms with van der Waals surface area (Å²) in [4.78, 5) is 32.8. The number of nitrogens with zero attached hydrogens (tertiary/aromatic N) is 3. The van der Waals surface area contributed by atoms with Gasteiger partial charge in [0.15, 0.2) is 0 Å². The fourth-order valence-electron chi connectivity index (χ4n) is 4.10. The molecule has 0 aliphatic carbocycles. The molecule has 1 N–H and O–H groups in total. The van der Waals surface area contributed by atoms with Crippen LogP contribution in [0.15, 0.2) is 18.3 Å². The van der Waals surface area contributed by atoms with Crippen molar-refractivity contribution >= 4 is 17.6 Å². The smallest absolute Gasteiger partial charge is 0.252 e. The molecule has 1 aromatic heterocycles. The van der Waals surface area contributed by atoms with E-state index in [9.17, 15) is 9.59 Å². The highest BCUT2D eigenvalue weighted by Crippen LogP contribution is 2.40. The van der Waals surface area contributed by atoms with Gasteiger partial charge < -0.3 is 19.9 Å². The van der Waals surface area contributed by atoms with E-state index < -0.39 is 0 Å². The quantitative estimate of drug-likeness (QED) is 0.820. The second-order valence-corrected chi connectivity index (χ2v) is 7.56. The van der Waals surface area contributed by atoms with Gasteiger partial charge in [-0.15, -0.1) is 0 Å². The molecular formula is C20H30N4O3. The minimum atomic E-state index is -0.0860. The minimum absolute atomic E-state index is 0.0860. The highest BCUT2D eigenvalue weighted by Gasteiger charge is 2.41. The van der Waals surface area contributed by atoms with Crippen LogP contribution in [0.5, 0.6) is 0 Å². The number of carbonyl (C=O) groups is 2. The monoisotopic (exact) mass is 374 g/mol. The first-order chi connectivity index (χ1) is 13.1. The zero-order valence-corrected chi connectivity index (χ0v) is 16.4. The molecule has 0 radical (unpaired) electrons. The Bertz CT molecular complexity index is 654. The molecule has 0 unspecified atom stereocenters. The SMILES string of the molecule is CCNC(=O)c1ccc(N2CCC3(CCC(=O)N(CCOC)C3)CC2)nc1. The zero-order chi connectivity index (χ0) is 19.3.